The fourth-order valence-electron chi connectivity index (χ4n) is 4.56. The van der Waals surface area contributed by atoms with Gasteiger partial charge in [0.05, 0.1) is 17.4 Å². The lowest BCUT2D eigenvalue weighted by Crippen LogP contribution is -2.27. The largest absolute Gasteiger partial charge is 0.383 e. The van der Waals surface area contributed by atoms with Gasteiger partial charge in [0.15, 0.2) is 0 Å². The van der Waals surface area contributed by atoms with E-state index >= 15 is 8.78 Å². The van der Waals surface area contributed by atoms with E-state index in [9.17, 15) is 19.2 Å². The number of nitrogens with zero attached hydrogens (tertiary/aromatic N) is 5. The second-order valence-corrected chi connectivity index (χ2v) is 9.81. The van der Waals surface area contributed by atoms with E-state index in [0.717, 1.165) is 29.1 Å². The number of hydrogen-bond acceptors (Lipinski definition) is 6. The number of nitrogen functional groups attached to an aromatic ring is 1. The first-order valence-electron chi connectivity index (χ1n) is 14.3. The predicted octanol–water partition coefficient (Wildman–Crippen LogP) is 5.68. The van der Waals surface area contributed by atoms with Crippen molar-refractivity contribution in [2.45, 2.75) is 19.9 Å². The molecule has 3 heterocycles. The van der Waals surface area contributed by atoms with Crippen LogP contribution in [0.4, 0.5) is 24.7 Å². The molecule has 0 saturated heterocycles. The molecule has 12 heteroatoms. The molecule has 1 amide bonds. The summed E-state index contributed by atoms with van der Waals surface area (Å²) in [5.41, 5.74) is 4.38. The minimum atomic E-state index is -2.53. The number of nitrogens with one attached hydrogen (secondary N) is 1. The summed E-state index contributed by atoms with van der Waals surface area (Å²) in [6.07, 6.45) is 5.00. The highest BCUT2D eigenvalue weighted by Crippen LogP contribution is 2.34. The predicted molar refractivity (Wildman–Crippen MR) is 155 cm³/mol. The van der Waals surface area contributed by atoms with Crippen molar-refractivity contribution in [3.8, 4) is 39.4 Å². The molecule has 0 spiro atoms. The highest BCUT2D eigenvalue weighted by atomic mass is 19.1. The van der Waals surface area contributed by atoms with Crippen LogP contribution in [-0.4, -0.2) is 25.2 Å². The molecular formula is C31H24F3N7O2. The van der Waals surface area contributed by atoms with Crippen molar-refractivity contribution in [2.24, 2.45) is 6.98 Å². The molecule has 3 N–H and O–H groups in total. The smallest absolute Gasteiger partial charge is 0.261 e. The zero-order valence-corrected chi connectivity index (χ0v) is 22.7. The topological polar surface area (TPSA) is 132 Å². The second-order valence-electron chi connectivity index (χ2n) is 9.81. The SMILES string of the molecule is [2H]C([2H])([2H])n1cc(-c2cnc(N)c(-c3cc(F)c(NC(=O)c4cn(C(C)C)c(C#N)c(-c5ccc(F)cc5)c4=O)cc3F)c2)cn1. The van der Waals surface area contributed by atoms with E-state index in [1.807, 2.05) is 6.07 Å². The monoisotopic (exact) mass is 586 g/mol. The molecule has 0 unspecified atom stereocenters. The van der Waals surface area contributed by atoms with E-state index in [1.165, 1.54) is 41.4 Å². The van der Waals surface area contributed by atoms with Gasteiger partial charge < -0.3 is 15.6 Å². The molecule has 0 aliphatic rings. The Balaban J connectivity index is 1.53. The molecule has 5 rings (SSSR count). The summed E-state index contributed by atoms with van der Waals surface area (Å²) in [6, 6.07) is 9.26. The minimum Gasteiger partial charge on any atom is -0.383 e. The van der Waals surface area contributed by atoms with E-state index in [2.05, 4.69) is 15.4 Å². The van der Waals surface area contributed by atoms with Crippen molar-refractivity contribution < 1.29 is 22.1 Å². The van der Waals surface area contributed by atoms with Crippen LogP contribution in [0.2, 0.25) is 0 Å². The summed E-state index contributed by atoms with van der Waals surface area (Å²) in [5.74, 6) is -3.86. The summed E-state index contributed by atoms with van der Waals surface area (Å²) in [5, 5.41) is 15.9. The highest BCUT2D eigenvalue weighted by Gasteiger charge is 2.24. The van der Waals surface area contributed by atoms with Gasteiger partial charge in [0.2, 0.25) is 5.43 Å². The van der Waals surface area contributed by atoms with E-state index in [4.69, 9.17) is 9.85 Å². The van der Waals surface area contributed by atoms with Crippen LogP contribution in [0.3, 0.4) is 0 Å². The molecule has 3 aromatic heterocycles. The van der Waals surface area contributed by atoms with Crippen LogP contribution < -0.4 is 16.5 Å². The van der Waals surface area contributed by atoms with Gasteiger partial charge in [-0.15, -0.1) is 0 Å². The molecule has 2 aromatic carbocycles. The zero-order chi connectivity index (χ0) is 33.5. The third-order valence-electron chi connectivity index (χ3n) is 6.70. The Morgan fingerprint density at radius 1 is 1.02 bits per heavy atom. The normalized spacial score (nSPS) is 12.3. The van der Waals surface area contributed by atoms with Gasteiger partial charge >= 0.3 is 0 Å². The lowest BCUT2D eigenvalue weighted by Gasteiger charge is -2.18. The molecule has 5 aromatic rings. The van der Waals surface area contributed by atoms with Crippen molar-refractivity contribution in [2.75, 3.05) is 11.1 Å². The summed E-state index contributed by atoms with van der Waals surface area (Å²) in [4.78, 5) is 30.9. The number of pyridine rings is 2. The van der Waals surface area contributed by atoms with Crippen LogP contribution in [0.25, 0.3) is 33.4 Å². The molecule has 0 fully saturated rings. The first-order valence-corrected chi connectivity index (χ1v) is 12.8. The Labute approximate surface area is 247 Å². The summed E-state index contributed by atoms with van der Waals surface area (Å²) in [6.45, 7) is 0.897. The maximum Gasteiger partial charge on any atom is 0.261 e. The van der Waals surface area contributed by atoms with Crippen LogP contribution in [0, 0.1) is 28.8 Å². The second kappa shape index (κ2) is 11.3. The molecule has 0 aliphatic heterocycles. The number of benzene rings is 2. The van der Waals surface area contributed by atoms with Crippen LogP contribution in [0.5, 0.6) is 0 Å². The van der Waals surface area contributed by atoms with Gasteiger partial charge in [0, 0.05) is 64.0 Å². The molecular weight excluding hydrogens is 559 g/mol. The van der Waals surface area contributed by atoms with Gasteiger partial charge in [0.1, 0.15) is 40.6 Å². The van der Waals surface area contributed by atoms with Crippen LogP contribution >= 0.6 is 0 Å². The Kier molecular flexibility index (Phi) is 6.57. The lowest BCUT2D eigenvalue weighted by molar-refractivity contribution is 0.102. The first kappa shape index (κ1) is 25.0. The molecule has 43 heavy (non-hydrogen) atoms. The summed E-state index contributed by atoms with van der Waals surface area (Å²) < 4.78 is 69.1. The standard InChI is InChI=1S/C31H24F3N7O2/c1-16(2)41-15-23(29(42)28(27(41)11-35)17-4-6-20(32)7-5-17)31(43)39-26-10-24(33)21(9-25(26)34)22-8-18(12-37-30(22)36)19-13-38-40(3)14-19/h4-10,12-16H,1-3H3,(H2,36,37)(H,39,43)/i3D3. The highest BCUT2D eigenvalue weighted by molar-refractivity contribution is 6.05. The van der Waals surface area contributed by atoms with Gasteiger partial charge in [-0.25, -0.2) is 18.2 Å². The maximum absolute atomic E-state index is 15.5. The van der Waals surface area contributed by atoms with E-state index in [1.54, 1.807) is 13.8 Å². The van der Waals surface area contributed by atoms with Crippen LogP contribution in [0.15, 0.2) is 72.0 Å². The number of carbonyl (C=O) groups excluding carboxylic acids is 1. The number of rotatable bonds is 6. The molecule has 0 aliphatic carbocycles. The fraction of sp³-hybridized carbons (Fsp3) is 0.129. The van der Waals surface area contributed by atoms with Crippen molar-refractivity contribution in [3.63, 3.8) is 0 Å². The number of aromatic nitrogens is 4. The first-order chi connectivity index (χ1) is 21.7. The molecule has 0 radical (unpaired) electrons. The van der Waals surface area contributed by atoms with Gasteiger partial charge in [0.25, 0.3) is 5.91 Å². The van der Waals surface area contributed by atoms with Crippen molar-refractivity contribution >= 4 is 17.4 Å². The maximum atomic E-state index is 15.5. The fourth-order valence-corrected chi connectivity index (χ4v) is 4.56. The Morgan fingerprint density at radius 3 is 2.42 bits per heavy atom. The number of nitriles is 1. The molecule has 216 valence electrons. The van der Waals surface area contributed by atoms with Gasteiger partial charge in [-0.1, -0.05) is 12.1 Å². The minimum absolute atomic E-state index is 0.00994. The van der Waals surface area contributed by atoms with Crippen molar-refractivity contribution in [1.82, 2.24) is 19.3 Å². The van der Waals surface area contributed by atoms with Crippen LogP contribution in [-0.2, 0) is 6.98 Å². The number of amides is 1. The summed E-state index contributed by atoms with van der Waals surface area (Å²) in [7, 11) is 0. The number of aryl methyl sites for hydroxylation is 1. The third kappa shape index (κ3) is 5.48. The Hall–Kier alpha value is -5.70. The zero-order valence-electron chi connectivity index (χ0n) is 25.7. The average molecular weight is 587 g/mol. The van der Waals surface area contributed by atoms with Gasteiger partial charge in [-0.3, -0.25) is 14.3 Å². The number of anilines is 2. The molecule has 9 nitrogen and oxygen atoms in total. The molecule has 0 saturated carbocycles. The average Bonchev–Trinajstić information content (AvgIpc) is 3.51. The van der Waals surface area contributed by atoms with E-state index < -0.39 is 53.1 Å². The van der Waals surface area contributed by atoms with Crippen molar-refractivity contribution in [3.05, 3.63) is 106 Å². The number of halogens is 3. The summed E-state index contributed by atoms with van der Waals surface area (Å²) >= 11 is 0. The quantitative estimate of drug-likeness (QED) is 0.263. The van der Waals surface area contributed by atoms with E-state index in [-0.39, 0.29) is 33.8 Å². The van der Waals surface area contributed by atoms with E-state index in [0.29, 0.717) is 17.2 Å². The van der Waals surface area contributed by atoms with Gasteiger partial charge in [-0.2, -0.15) is 10.4 Å². The molecule has 0 bridgehead atoms. The van der Waals surface area contributed by atoms with Crippen LogP contribution in [0.1, 0.15) is 40.1 Å². The Morgan fingerprint density at radius 2 is 1.77 bits per heavy atom. The Bertz CT molecular complexity index is 2100. The van der Waals surface area contributed by atoms with Gasteiger partial charge in [-0.05, 0) is 43.7 Å². The number of carbonyl (C=O) groups is 1. The number of nitrogens with two attached hydrogens (primary N) is 1. The third-order valence-corrected chi connectivity index (χ3v) is 6.70. The molecule has 0 atom stereocenters. The lowest BCUT2D eigenvalue weighted by atomic mass is 9.99. The number of hydrogen-bond donors (Lipinski definition) is 2. The van der Waals surface area contributed by atoms with Crippen molar-refractivity contribution in [1.29, 1.82) is 5.26 Å².